The van der Waals surface area contributed by atoms with Crippen LogP contribution in [0.25, 0.3) is 0 Å². The van der Waals surface area contributed by atoms with Gasteiger partial charge in [0.2, 0.25) is 5.88 Å². The molecule has 1 heterocycles. The summed E-state index contributed by atoms with van der Waals surface area (Å²) >= 11 is 0. The van der Waals surface area contributed by atoms with Crippen molar-refractivity contribution in [2.75, 3.05) is 0 Å². The third-order valence-corrected chi connectivity index (χ3v) is 2.64. The van der Waals surface area contributed by atoms with Crippen molar-refractivity contribution in [2.45, 2.75) is 13.3 Å². The van der Waals surface area contributed by atoms with E-state index in [1.807, 2.05) is 6.07 Å². The Hall–Kier alpha value is -2.87. The molecule has 0 fully saturated rings. The molecule has 20 heavy (non-hydrogen) atoms. The SMILES string of the molecule is Cc1ccc(C#N)c(Oc2ccccc2CC(=O)O)n1. The molecule has 0 saturated carbocycles. The zero-order valence-electron chi connectivity index (χ0n) is 10.8. The Morgan fingerprint density at radius 2 is 2.10 bits per heavy atom. The van der Waals surface area contributed by atoms with Crippen molar-refractivity contribution in [1.82, 2.24) is 4.98 Å². The molecule has 0 unspecified atom stereocenters. The van der Waals surface area contributed by atoms with E-state index in [1.54, 1.807) is 43.3 Å². The molecular weight excluding hydrogens is 256 g/mol. The molecule has 2 rings (SSSR count). The average Bonchev–Trinajstić information content (AvgIpc) is 2.41. The lowest BCUT2D eigenvalue weighted by atomic mass is 10.1. The number of rotatable bonds is 4. The lowest BCUT2D eigenvalue weighted by Gasteiger charge is -2.10. The van der Waals surface area contributed by atoms with Crippen LogP contribution in [0, 0.1) is 18.3 Å². The molecule has 1 N–H and O–H groups in total. The Balaban J connectivity index is 2.38. The Morgan fingerprint density at radius 3 is 2.80 bits per heavy atom. The summed E-state index contributed by atoms with van der Waals surface area (Å²) in [6, 6.07) is 12.1. The van der Waals surface area contributed by atoms with Crippen molar-refractivity contribution in [1.29, 1.82) is 5.26 Å². The van der Waals surface area contributed by atoms with Crippen molar-refractivity contribution < 1.29 is 14.6 Å². The number of pyridine rings is 1. The highest BCUT2D eigenvalue weighted by molar-refractivity contribution is 5.71. The van der Waals surface area contributed by atoms with Gasteiger partial charge in [0, 0.05) is 11.3 Å². The van der Waals surface area contributed by atoms with Gasteiger partial charge in [-0.05, 0) is 25.1 Å². The van der Waals surface area contributed by atoms with Crippen LogP contribution in [0.1, 0.15) is 16.8 Å². The summed E-state index contributed by atoms with van der Waals surface area (Å²) in [6.07, 6.45) is -0.149. The van der Waals surface area contributed by atoms with E-state index in [0.717, 1.165) is 5.69 Å². The number of para-hydroxylation sites is 1. The second-order valence-electron chi connectivity index (χ2n) is 4.20. The van der Waals surface area contributed by atoms with Gasteiger partial charge in [0.1, 0.15) is 17.4 Å². The summed E-state index contributed by atoms with van der Waals surface area (Å²) in [6.45, 7) is 1.79. The normalized spacial score (nSPS) is 9.80. The summed E-state index contributed by atoms with van der Waals surface area (Å²) in [5, 5.41) is 17.9. The number of ether oxygens (including phenoxy) is 1. The summed E-state index contributed by atoms with van der Waals surface area (Å²) in [4.78, 5) is 15.0. The standard InChI is InChI=1S/C15H12N2O3/c1-10-6-7-12(9-16)15(17-10)20-13-5-3-2-4-11(13)8-14(18)19/h2-7H,8H2,1H3,(H,18,19). The fraction of sp³-hybridized carbons (Fsp3) is 0.133. The highest BCUT2D eigenvalue weighted by Crippen LogP contribution is 2.26. The molecule has 0 saturated heterocycles. The Kier molecular flexibility index (Phi) is 3.96. The van der Waals surface area contributed by atoms with Crippen molar-refractivity contribution in [3.8, 4) is 17.7 Å². The highest BCUT2D eigenvalue weighted by atomic mass is 16.5. The number of aliphatic carboxylic acids is 1. The van der Waals surface area contributed by atoms with Crippen LogP contribution in [-0.4, -0.2) is 16.1 Å². The van der Waals surface area contributed by atoms with Crippen molar-refractivity contribution in [3.63, 3.8) is 0 Å². The van der Waals surface area contributed by atoms with Crippen LogP contribution in [0.15, 0.2) is 36.4 Å². The predicted octanol–water partition coefficient (Wildman–Crippen LogP) is 2.68. The van der Waals surface area contributed by atoms with Gasteiger partial charge in [-0.3, -0.25) is 4.79 Å². The highest BCUT2D eigenvalue weighted by Gasteiger charge is 2.11. The van der Waals surface area contributed by atoms with Crippen LogP contribution in [-0.2, 0) is 11.2 Å². The van der Waals surface area contributed by atoms with Crippen LogP contribution >= 0.6 is 0 Å². The van der Waals surface area contributed by atoms with Gasteiger partial charge in [-0.1, -0.05) is 18.2 Å². The molecule has 1 aromatic carbocycles. The van der Waals surface area contributed by atoms with E-state index >= 15 is 0 Å². The maximum atomic E-state index is 10.8. The van der Waals surface area contributed by atoms with Crippen LogP contribution in [0.5, 0.6) is 11.6 Å². The summed E-state index contributed by atoms with van der Waals surface area (Å²) < 4.78 is 5.62. The Labute approximate surface area is 116 Å². The first-order valence-electron chi connectivity index (χ1n) is 5.95. The molecule has 0 aliphatic carbocycles. The van der Waals surface area contributed by atoms with E-state index < -0.39 is 5.97 Å². The summed E-state index contributed by atoms with van der Waals surface area (Å²) in [7, 11) is 0. The van der Waals surface area contributed by atoms with Crippen molar-refractivity contribution in [3.05, 3.63) is 53.2 Å². The molecule has 0 radical (unpaired) electrons. The number of hydrogen-bond acceptors (Lipinski definition) is 4. The van der Waals surface area contributed by atoms with Gasteiger partial charge in [0.15, 0.2) is 0 Å². The summed E-state index contributed by atoms with van der Waals surface area (Å²) in [5.41, 5.74) is 1.56. The first-order chi connectivity index (χ1) is 9.60. The molecule has 5 heteroatoms. The number of nitriles is 1. The van der Waals surface area contributed by atoms with Crippen LogP contribution < -0.4 is 4.74 Å². The van der Waals surface area contributed by atoms with Gasteiger partial charge in [-0.25, -0.2) is 4.98 Å². The zero-order valence-corrected chi connectivity index (χ0v) is 10.8. The smallest absolute Gasteiger partial charge is 0.307 e. The van der Waals surface area contributed by atoms with E-state index in [0.29, 0.717) is 16.9 Å². The van der Waals surface area contributed by atoms with Crippen molar-refractivity contribution in [2.24, 2.45) is 0 Å². The number of benzene rings is 1. The largest absolute Gasteiger partial charge is 0.481 e. The molecular formula is C15H12N2O3. The van der Waals surface area contributed by atoms with Crippen LogP contribution in [0.2, 0.25) is 0 Å². The molecule has 0 atom stereocenters. The maximum absolute atomic E-state index is 10.8. The number of hydrogen-bond donors (Lipinski definition) is 1. The monoisotopic (exact) mass is 268 g/mol. The van der Waals surface area contributed by atoms with Gasteiger partial charge in [0.05, 0.1) is 6.42 Å². The predicted molar refractivity (Wildman–Crippen MR) is 71.5 cm³/mol. The fourth-order valence-corrected chi connectivity index (χ4v) is 1.71. The van der Waals surface area contributed by atoms with Crippen LogP contribution in [0.4, 0.5) is 0 Å². The molecule has 0 spiro atoms. The first kappa shape index (κ1) is 13.6. The van der Waals surface area contributed by atoms with Crippen molar-refractivity contribution >= 4 is 5.97 Å². The molecule has 100 valence electrons. The molecule has 0 amide bonds. The third-order valence-electron chi connectivity index (χ3n) is 2.64. The fourth-order valence-electron chi connectivity index (χ4n) is 1.71. The molecule has 0 aliphatic rings. The van der Waals surface area contributed by atoms with E-state index in [-0.39, 0.29) is 12.3 Å². The summed E-state index contributed by atoms with van der Waals surface area (Å²) in [5.74, 6) is -0.367. The number of aryl methyl sites for hydroxylation is 1. The van der Waals surface area contributed by atoms with E-state index in [4.69, 9.17) is 15.1 Å². The topological polar surface area (TPSA) is 83.2 Å². The maximum Gasteiger partial charge on any atom is 0.307 e. The van der Waals surface area contributed by atoms with Gasteiger partial charge in [0.25, 0.3) is 0 Å². The van der Waals surface area contributed by atoms with Gasteiger partial charge in [-0.2, -0.15) is 5.26 Å². The third kappa shape index (κ3) is 3.12. The van der Waals surface area contributed by atoms with E-state index in [2.05, 4.69) is 4.98 Å². The lowest BCUT2D eigenvalue weighted by Crippen LogP contribution is -2.03. The number of carboxylic acid groups (broad SMARTS) is 1. The minimum absolute atomic E-state index is 0.149. The van der Waals surface area contributed by atoms with Gasteiger partial charge >= 0.3 is 5.97 Å². The Bertz CT molecular complexity index is 690. The van der Waals surface area contributed by atoms with Gasteiger partial charge < -0.3 is 9.84 Å². The van der Waals surface area contributed by atoms with Crippen LogP contribution in [0.3, 0.4) is 0 Å². The van der Waals surface area contributed by atoms with E-state index in [1.165, 1.54) is 0 Å². The molecule has 1 aromatic heterocycles. The quantitative estimate of drug-likeness (QED) is 0.921. The minimum Gasteiger partial charge on any atom is -0.481 e. The average molecular weight is 268 g/mol. The lowest BCUT2D eigenvalue weighted by molar-refractivity contribution is -0.136. The molecule has 5 nitrogen and oxygen atoms in total. The second kappa shape index (κ2) is 5.85. The Morgan fingerprint density at radius 1 is 1.35 bits per heavy atom. The molecule has 0 bridgehead atoms. The number of carbonyl (C=O) groups is 1. The van der Waals surface area contributed by atoms with E-state index in [9.17, 15) is 4.79 Å². The number of nitrogens with zero attached hydrogens (tertiary/aromatic N) is 2. The molecule has 0 aliphatic heterocycles. The molecule has 2 aromatic rings. The first-order valence-corrected chi connectivity index (χ1v) is 5.95. The minimum atomic E-state index is -0.946. The number of aromatic nitrogens is 1. The number of carboxylic acids is 1. The second-order valence-corrected chi connectivity index (χ2v) is 4.20. The van der Waals surface area contributed by atoms with Gasteiger partial charge in [-0.15, -0.1) is 0 Å². The zero-order chi connectivity index (χ0) is 14.5.